The number of anilines is 3. The van der Waals surface area contributed by atoms with Crippen LogP contribution < -0.4 is 4.90 Å². The van der Waals surface area contributed by atoms with Crippen LogP contribution in [0, 0.1) is 6.92 Å². The van der Waals surface area contributed by atoms with Crippen LogP contribution in [0.5, 0.6) is 0 Å². The predicted octanol–water partition coefficient (Wildman–Crippen LogP) is 13.7. The van der Waals surface area contributed by atoms with Gasteiger partial charge in [-0.05, 0) is 93.5 Å². The molecule has 9 aromatic carbocycles. The molecule has 0 unspecified atom stereocenters. The van der Waals surface area contributed by atoms with Crippen LogP contribution in [0.2, 0.25) is 0 Å². The number of hydrogen-bond donors (Lipinski definition) is 0. The van der Waals surface area contributed by atoms with Gasteiger partial charge in [0.05, 0.1) is 16.7 Å². The number of fused-ring (bicyclic) bond motifs is 9. The lowest BCUT2D eigenvalue weighted by Crippen LogP contribution is -2.11. The third kappa shape index (κ3) is 4.72. The minimum Gasteiger partial charge on any atom is -0.310 e. The van der Waals surface area contributed by atoms with E-state index in [1.165, 1.54) is 70.8 Å². The van der Waals surface area contributed by atoms with Crippen LogP contribution in [-0.4, -0.2) is 4.57 Å². The molecule has 0 aliphatic rings. The van der Waals surface area contributed by atoms with E-state index in [0.29, 0.717) is 0 Å². The largest absolute Gasteiger partial charge is 0.310 e. The summed E-state index contributed by atoms with van der Waals surface area (Å²) < 4.78 is 2.43. The zero-order valence-corrected chi connectivity index (χ0v) is 28.3. The van der Waals surface area contributed by atoms with Crippen LogP contribution in [0.4, 0.5) is 17.1 Å². The lowest BCUT2D eigenvalue weighted by Gasteiger charge is -2.28. The molecule has 0 bridgehead atoms. The molecule has 2 nitrogen and oxygen atoms in total. The second-order valence-corrected chi connectivity index (χ2v) is 13.4. The van der Waals surface area contributed by atoms with Crippen molar-refractivity contribution in [2.45, 2.75) is 6.92 Å². The molecule has 51 heavy (non-hydrogen) atoms. The maximum atomic E-state index is 2.45. The van der Waals surface area contributed by atoms with Gasteiger partial charge in [0.15, 0.2) is 0 Å². The quantitative estimate of drug-likeness (QED) is 0.168. The summed E-state index contributed by atoms with van der Waals surface area (Å²) in [6.45, 7) is 2.15. The lowest BCUT2D eigenvalue weighted by molar-refractivity contribution is 1.18. The Morgan fingerprint density at radius 2 is 0.922 bits per heavy atom. The van der Waals surface area contributed by atoms with Gasteiger partial charge >= 0.3 is 0 Å². The van der Waals surface area contributed by atoms with E-state index in [2.05, 4.69) is 204 Å². The van der Waals surface area contributed by atoms with Crippen molar-refractivity contribution in [3.63, 3.8) is 0 Å². The number of hydrogen-bond acceptors (Lipinski definition) is 1. The van der Waals surface area contributed by atoms with Gasteiger partial charge in [0.1, 0.15) is 0 Å². The minimum atomic E-state index is 1.11. The fourth-order valence-electron chi connectivity index (χ4n) is 8.08. The van der Waals surface area contributed by atoms with Crippen LogP contribution in [0.3, 0.4) is 0 Å². The molecule has 0 spiro atoms. The number of benzene rings is 9. The normalized spacial score (nSPS) is 11.6. The molecule has 10 aromatic rings. The number of para-hydroxylation sites is 1. The Kier molecular flexibility index (Phi) is 6.75. The van der Waals surface area contributed by atoms with Crippen LogP contribution in [0.1, 0.15) is 5.56 Å². The first kappa shape index (κ1) is 29.3. The average molecular weight is 651 g/mol. The van der Waals surface area contributed by atoms with Gasteiger partial charge in [-0.3, -0.25) is 0 Å². The predicted molar refractivity (Wildman–Crippen MR) is 218 cm³/mol. The molecule has 0 saturated heterocycles. The Bertz CT molecular complexity index is 2870. The van der Waals surface area contributed by atoms with Crippen molar-refractivity contribution in [2.24, 2.45) is 0 Å². The van der Waals surface area contributed by atoms with Crippen LogP contribution in [0.15, 0.2) is 188 Å². The van der Waals surface area contributed by atoms with Crippen molar-refractivity contribution in [1.82, 2.24) is 4.57 Å². The second-order valence-electron chi connectivity index (χ2n) is 13.4. The van der Waals surface area contributed by atoms with Crippen molar-refractivity contribution >= 4 is 71.2 Å². The highest BCUT2D eigenvalue weighted by Crippen LogP contribution is 2.46. The zero-order chi connectivity index (χ0) is 33.9. The van der Waals surface area contributed by atoms with E-state index >= 15 is 0 Å². The van der Waals surface area contributed by atoms with Gasteiger partial charge in [-0.1, -0.05) is 145 Å². The van der Waals surface area contributed by atoms with Crippen molar-refractivity contribution in [3.05, 3.63) is 194 Å². The first-order valence-electron chi connectivity index (χ1n) is 17.6. The Balaban J connectivity index is 1.27. The molecule has 0 amide bonds. The monoisotopic (exact) mass is 650 g/mol. The van der Waals surface area contributed by atoms with E-state index < -0.39 is 0 Å². The smallest absolute Gasteiger partial charge is 0.0561 e. The molecule has 1 heterocycles. The molecule has 0 aliphatic heterocycles. The van der Waals surface area contributed by atoms with Crippen LogP contribution >= 0.6 is 0 Å². The van der Waals surface area contributed by atoms with Crippen molar-refractivity contribution in [3.8, 4) is 16.8 Å². The molecule has 2 heteroatoms. The molecule has 1 aromatic heterocycles. The van der Waals surface area contributed by atoms with E-state index in [-0.39, 0.29) is 0 Å². The van der Waals surface area contributed by atoms with Gasteiger partial charge in [-0.25, -0.2) is 0 Å². The van der Waals surface area contributed by atoms with Crippen molar-refractivity contribution in [1.29, 1.82) is 0 Å². The van der Waals surface area contributed by atoms with Gasteiger partial charge in [0, 0.05) is 33.2 Å². The highest BCUT2D eigenvalue weighted by molar-refractivity contribution is 6.28. The Hall–Kier alpha value is -6.64. The van der Waals surface area contributed by atoms with E-state index in [1.807, 2.05) is 0 Å². The van der Waals surface area contributed by atoms with Gasteiger partial charge in [0.2, 0.25) is 0 Å². The second kappa shape index (κ2) is 11.8. The topological polar surface area (TPSA) is 8.17 Å². The first-order valence-corrected chi connectivity index (χ1v) is 17.6. The van der Waals surface area contributed by atoms with E-state index in [1.54, 1.807) is 0 Å². The van der Waals surface area contributed by atoms with Crippen molar-refractivity contribution < 1.29 is 0 Å². The Labute approximate surface area is 297 Å². The van der Waals surface area contributed by atoms with Gasteiger partial charge in [-0.15, -0.1) is 0 Å². The maximum Gasteiger partial charge on any atom is 0.0561 e. The molecule has 0 radical (unpaired) electrons. The Morgan fingerprint density at radius 1 is 0.373 bits per heavy atom. The average Bonchev–Trinajstić information content (AvgIpc) is 3.53. The minimum absolute atomic E-state index is 1.11. The summed E-state index contributed by atoms with van der Waals surface area (Å²) in [6.07, 6.45) is 0. The van der Waals surface area contributed by atoms with Crippen molar-refractivity contribution in [2.75, 3.05) is 4.90 Å². The molecule has 0 atom stereocenters. The first-order chi connectivity index (χ1) is 25.2. The lowest BCUT2D eigenvalue weighted by atomic mass is 9.93. The Morgan fingerprint density at radius 3 is 1.67 bits per heavy atom. The summed E-state index contributed by atoms with van der Waals surface area (Å²) in [5, 5.41) is 10.1. The molecule has 0 saturated carbocycles. The summed E-state index contributed by atoms with van der Waals surface area (Å²) in [4.78, 5) is 2.45. The third-order valence-corrected chi connectivity index (χ3v) is 10.4. The fraction of sp³-hybridized carbons (Fsp3) is 0.0204. The van der Waals surface area contributed by atoms with E-state index in [9.17, 15) is 0 Å². The maximum absolute atomic E-state index is 2.45. The fourth-order valence-corrected chi connectivity index (χ4v) is 8.08. The summed E-state index contributed by atoms with van der Waals surface area (Å²) in [6, 6.07) is 68.7. The molecular formula is C49H34N2. The molecular weight excluding hydrogens is 617 g/mol. The SMILES string of the molecule is Cc1ccc(N(c2ccc3c4ccccc4n(-c4cccc(-c5ccccc5)c4)c3c2)c2cccc3c4ccccc4c4ccccc4c23)cc1. The molecule has 240 valence electrons. The molecule has 0 fully saturated rings. The summed E-state index contributed by atoms with van der Waals surface area (Å²) in [5.74, 6) is 0. The number of nitrogens with zero attached hydrogens (tertiary/aromatic N) is 2. The highest BCUT2D eigenvalue weighted by atomic mass is 15.1. The van der Waals surface area contributed by atoms with Gasteiger partial charge in [-0.2, -0.15) is 0 Å². The molecule has 10 rings (SSSR count). The summed E-state index contributed by atoms with van der Waals surface area (Å²) >= 11 is 0. The molecule has 0 N–H and O–H groups in total. The van der Waals surface area contributed by atoms with E-state index in [0.717, 1.165) is 22.7 Å². The van der Waals surface area contributed by atoms with Gasteiger partial charge in [0.25, 0.3) is 0 Å². The number of rotatable bonds is 5. The number of aromatic nitrogens is 1. The third-order valence-electron chi connectivity index (χ3n) is 10.4. The molecule has 0 aliphatic carbocycles. The summed E-state index contributed by atoms with van der Waals surface area (Å²) in [5.41, 5.74) is 10.6. The highest BCUT2D eigenvalue weighted by Gasteiger charge is 2.21. The standard InChI is InChI=1S/C49H34N2/c1-33-25-27-36(28-26-33)50(47-24-12-22-45-41-18-6-5-17-39(41)40-19-7-8-21-44(40)49(45)47)38-29-30-43-42-20-9-10-23-46(42)51(48(43)32-38)37-16-11-15-35(31-37)34-13-3-2-4-14-34/h2-32H,1H3. The van der Waals surface area contributed by atoms with Crippen LogP contribution in [0.25, 0.3) is 70.9 Å². The van der Waals surface area contributed by atoms with Gasteiger partial charge < -0.3 is 9.47 Å². The summed E-state index contributed by atoms with van der Waals surface area (Å²) in [7, 11) is 0. The van der Waals surface area contributed by atoms with Crippen LogP contribution in [-0.2, 0) is 0 Å². The number of aryl methyl sites for hydroxylation is 1. The van der Waals surface area contributed by atoms with E-state index in [4.69, 9.17) is 0 Å². The zero-order valence-electron chi connectivity index (χ0n) is 28.3.